The second-order valence-corrected chi connectivity index (χ2v) is 9.22. The number of benzene rings is 2. The predicted octanol–water partition coefficient (Wildman–Crippen LogP) is 5.96. The molecule has 142 valence electrons. The second-order valence-electron chi connectivity index (χ2n) is 8.13. The highest BCUT2D eigenvalue weighted by atomic mass is 32.2. The van der Waals surface area contributed by atoms with Crippen molar-refractivity contribution in [2.45, 2.75) is 53.1 Å². The minimum atomic E-state index is -4.30. The van der Waals surface area contributed by atoms with Gasteiger partial charge in [-0.25, -0.2) is 0 Å². The Morgan fingerprint density at radius 3 is 2.59 bits per heavy atom. The minimum Gasteiger partial charge on any atom is -0.303 e. The smallest absolute Gasteiger partial charge is 0.303 e. The molecular formula is C22H22F3NS. The molecule has 0 radical (unpaired) electrons. The quantitative estimate of drug-likeness (QED) is 0.592. The summed E-state index contributed by atoms with van der Waals surface area (Å²) in [6, 6.07) is 13.1. The fourth-order valence-corrected chi connectivity index (χ4v) is 6.54. The lowest BCUT2D eigenvalue weighted by Crippen LogP contribution is -2.40. The average Bonchev–Trinajstić information content (AvgIpc) is 3.37. The van der Waals surface area contributed by atoms with Gasteiger partial charge in [-0.3, -0.25) is 0 Å². The van der Waals surface area contributed by atoms with Crippen molar-refractivity contribution >= 4 is 11.8 Å². The summed E-state index contributed by atoms with van der Waals surface area (Å²) in [6.45, 7) is 1.09. The maximum Gasteiger partial charge on any atom is 0.416 e. The normalized spacial score (nSPS) is 30.1. The highest BCUT2D eigenvalue weighted by Crippen LogP contribution is 2.67. The SMILES string of the molecule is CN1CCCCC1C1CC12c1ccccc1Sc1ccc(C(F)(F)F)cc12. The summed E-state index contributed by atoms with van der Waals surface area (Å²) in [7, 11) is 2.17. The number of piperidine rings is 1. The predicted molar refractivity (Wildman–Crippen MR) is 101 cm³/mol. The van der Waals surface area contributed by atoms with E-state index in [0.717, 1.165) is 29.8 Å². The van der Waals surface area contributed by atoms with Gasteiger partial charge in [-0.15, -0.1) is 0 Å². The average molecular weight is 389 g/mol. The third-order valence-corrected chi connectivity index (χ3v) is 7.83. The van der Waals surface area contributed by atoms with Crippen LogP contribution in [0.1, 0.15) is 42.4 Å². The largest absolute Gasteiger partial charge is 0.416 e. The molecule has 1 aliphatic carbocycles. The molecular weight excluding hydrogens is 367 g/mol. The van der Waals surface area contributed by atoms with Crippen LogP contribution in [-0.2, 0) is 11.6 Å². The number of fused-ring (bicyclic) bond motifs is 4. The molecule has 27 heavy (non-hydrogen) atoms. The first-order valence-electron chi connectivity index (χ1n) is 9.60. The molecule has 0 amide bonds. The summed E-state index contributed by atoms with van der Waals surface area (Å²) in [4.78, 5) is 4.62. The van der Waals surface area contributed by atoms with Crippen LogP contribution in [0.4, 0.5) is 13.2 Å². The summed E-state index contributed by atoms with van der Waals surface area (Å²) in [5.41, 5.74) is 1.34. The maximum absolute atomic E-state index is 13.4. The molecule has 1 saturated carbocycles. The van der Waals surface area contributed by atoms with Crippen molar-refractivity contribution in [3.8, 4) is 0 Å². The van der Waals surface area contributed by atoms with E-state index in [-0.39, 0.29) is 5.41 Å². The first-order chi connectivity index (χ1) is 12.9. The van der Waals surface area contributed by atoms with Crippen LogP contribution in [0.25, 0.3) is 0 Å². The van der Waals surface area contributed by atoms with E-state index in [9.17, 15) is 13.2 Å². The lowest BCUT2D eigenvalue weighted by atomic mass is 9.81. The second kappa shape index (κ2) is 6.02. The topological polar surface area (TPSA) is 3.24 Å². The summed E-state index contributed by atoms with van der Waals surface area (Å²) >= 11 is 1.61. The zero-order valence-electron chi connectivity index (χ0n) is 15.2. The van der Waals surface area contributed by atoms with Crippen molar-refractivity contribution in [3.05, 3.63) is 59.2 Å². The highest BCUT2D eigenvalue weighted by molar-refractivity contribution is 7.99. The molecule has 1 saturated heterocycles. The number of hydrogen-bond donors (Lipinski definition) is 0. The molecule has 1 nitrogen and oxygen atoms in total. The highest BCUT2D eigenvalue weighted by Gasteiger charge is 2.62. The van der Waals surface area contributed by atoms with Crippen molar-refractivity contribution in [2.75, 3.05) is 13.6 Å². The standard InChI is InChI=1S/C22H22F3NS/c1-26-11-5-4-7-18(26)17-13-21(17)15-6-2-3-8-19(15)27-20-10-9-14(12-16(20)21)22(23,24)25/h2-3,6,8-10,12,17-18H,4-5,7,11,13H2,1H3. The lowest BCUT2D eigenvalue weighted by Gasteiger charge is -2.37. The number of hydrogen-bond acceptors (Lipinski definition) is 2. The Labute approximate surface area is 161 Å². The van der Waals surface area contributed by atoms with E-state index in [2.05, 4.69) is 24.1 Å². The van der Waals surface area contributed by atoms with Crippen LogP contribution in [0.15, 0.2) is 52.3 Å². The van der Waals surface area contributed by atoms with E-state index in [0.29, 0.717) is 12.0 Å². The molecule has 3 atom stereocenters. The molecule has 0 aromatic heterocycles. The van der Waals surface area contributed by atoms with Gasteiger partial charge in [0, 0.05) is 21.2 Å². The minimum absolute atomic E-state index is 0.255. The molecule has 2 aromatic rings. The van der Waals surface area contributed by atoms with Crippen molar-refractivity contribution in [3.63, 3.8) is 0 Å². The van der Waals surface area contributed by atoms with E-state index in [1.54, 1.807) is 17.8 Å². The fraction of sp³-hybridized carbons (Fsp3) is 0.455. The Bertz CT molecular complexity index is 893. The van der Waals surface area contributed by atoms with E-state index in [4.69, 9.17) is 0 Å². The zero-order chi connectivity index (χ0) is 18.8. The van der Waals surface area contributed by atoms with Crippen LogP contribution in [0.3, 0.4) is 0 Å². The Balaban J connectivity index is 1.65. The van der Waals surface area contributed by atoms with Crippen LogP contribution in [-0.4, -0.2) is 24.5 Å². The molecule has 0 bridgehead atoms. The summed E-state index contributed by atoms with van der Waals surface area (Å²) in [5, 5.41) is 0. The van der Waals surface area contributed by atoms with Crippen molar-refractivity contribution in [1.82, 2.24) is 4.90 Å². The third-order valence-electron chi connectivity index (χ3n) is 6.68. The maximum atomic E-state index is 13.4. The van der Waals surface area contributed by atoms with Crippen LogP contribution in [0.5, 0.6) is 0 Å². The Hall–Kier alpha value is -1.46. The van der Waals surface area contributed by atoms with Gasteiger partial charge in [0.2, 0.25) is 0 Å². The molecule has 5 rings (SSSR count). The number of halogens is 3. The molecule has 2 aromatic carbocycles. The molecule has 3 unspecified atom stereocenters. The third kappa shape index (κ3) is 2.65. The van der Waals surface area contributed by atoms with Gasteiger partial charge in [-0.1, -0.05) is 36.4 Å². The van der Waals surface area contributed by atoms with Gasteiger partial charge >= 0.3 is 6.18 Å². The molecule has 2 fully saturated rings. The fourth-order valence-electron chi connectivity index (χ4n) is 5.31. The Morgan fingerprint density at radius 1 is 1.04 bits per heavy atom. The van der Waals surface area contributed by atoms with E-state index < -0.39 is 11.7 Å². The molecule has 5 heteroatoms. The van der Waals surface area contributed by atoms with E-state index in [1.807, 2.05) is 12.1 Å². The number of nitrogens with zero attached hydrogens (tertiary/aromatic N) is 1. The summed E-state index contributed by atoms with van der Waals surface area (Å²) in [5.74, 6) is 0.395. The van der Waals surface area contributed by atoms with Crippen LogP contribution < -0.4 is 0 Å². The molecule has 1 spiro atoms. The Morgan fingerprint density at radius 2 is 1.81 bits per heavy atom. The van der Waals surface area contributed by atoms with Crippen molar-refractivity contribution in [1.29, 1.82) is 0 Å². The van der Waals surface area contributed by atoms with Gasteiger partial charge in [0.25, 0.3) is 0 Å². The lowest BCUT2D eigenvalue weighted by molar-refractivity contribution is -0.137. The van der Waals surface area contributed by atoms with Crippen molar-refractivity contribution < 1.29 is 13.2 Å². The molecule has 0 N–H and O–H groups in total. The number of alkyl halides is 3. The monoisotopic (exact) mass is 389 g/mol. The van der Waals surface area contributed by atoms with E-state index >= 15 is 0 Å². The first-order valence-corrected chi connectivity index (χ1v) is 10.4. The van der Waals surface area contributed by atoms with Crippen LogP contribution >= 0.6 is 11.8 Å². The van der Waals surface area contributed by atoms with Gasteiger partial charge in [-0.05, 0) is 74.2 Å². The summed E-state index contributed by atoms with van der Waals surface area (Å²) < 4.78 is 40.3. The number of likely N-dealkylation sites (tertiary alicyclic amines) is 1. The molecule has 2 heterocycles. The van der Waals surface area contributed by atoms with Crippen LogP contribution in [0, 0.1) is 5.92 Å². The van der Waals surface area contributed by atoms with Gasteiger partial charge < -0.3 is 4.90 Å². The molecule has 2 aliphatic heterocycles. The molecule has 3 aliphatic rings. The van der Waals surface area contributed by atoms with Gasteiger partial charge in [-0.2, -0.15) is 13.2 Å². The van der Waals surface area contributed by atoms with Crippen LogP contribution in [0.2, 0.25) is 0 Å². The first kappa shape index (κ1) is 17.6. The van der Waals surface area contributed by atoms with Crippen molar-refractivity contribution in [2.24, 2.45) is 5.92 Å². The zero-order valence-corrected chi connectivity index (χ0v) is 16.0. The van der Waals surface area contributed by atoms with Gasteiger partial charge in [0.1, 0.15) is 0 Å². The number of rotatable bonds is 1. The Kier molecular flexibility index (Phi) is 3.93. The van der Waals surface area contributed by atoms with Gasteiger partial charge in [0.05, 0.1) is 5.56 Å². The van der Waals surface area contributed by atoms with E-state index in [1.165, 1.54) is 35.4 Å². The summed E-state index contributed by atoms with van der Waals surface area (Å²) in [6.07, 6.45) is 0.228. The van der Waals surface area contributed by atoms with Gasteiger partial charge in [0.15, 0.2) is 0 Å².